The summed E-state index contributed by atoms with van der Waals surface area (Å²) in [5.41, 5.74) is 3.18. The van der Waals surface area contributed by atoms with Gasteiger partial charge in [0.05, 0.1) is 6.61 Å². The van der Waals surface area contributed by atoms with Crippen molar-refractivity contribution in [3.63, 3.8) is 0 Å². The fourth-order valence-electron chi connectivity index (χ4n) is 4.32. The van der Waals surface area contributed by atoms with Crippen LogP contribution < -0.4 is 25.6 Å². The van der Waals surface area contributed by atoms with Gasteiger partial charge in [-0.15, -0.1) is 0 Å². The maximum absolute atomic E-state index is 9.50. The number of hydrogen-bond acceptors (Lipinski definition) is 10. The zero-order valence-electron chi connectivity index (χ0n) is 21.9. The SMILES string of the molecule is Oc1ccc(CCNc2nc(NCCCOc3ccccc3-c3cccnc3)nc(N3CCNCC3)n2)cc1. The minimum Gasteiger partial charge on any atom is -0.508 e. The number of ether oxygens (including phenoxy) is 1. The Labute approximate surface area is 228 Å². The van der Waals surface area contributed by atoms with Crippen LogP contribution in [-0.2, 0) is 6.42 Å². The molecule has 10 heteroatoms. The Balaban J connectivity index is 1.17. The van der Waals surface area contributed by atoms with E-state index in [0.29, 0.717) is 37.5 Å². The number of pyridine rings is 1. The normalized spacial score (nSPS) is 13.2. The summed E-state index contributed by atoms with van der Waals surface area (Å²) in [6.07, 6.45) is 5.18. The van der Waals surface area contributed by atoms with Crippen LogP contribution in [0.25, 0.3) is 11.1 Å². The van der Waals surface area contributed by atoms with Gasteiger partial charge in [-0.2, -0.15) is 15.0 Å². The molecule has 1 fully saturated rings. The molecule has 1 aliphatic heterocycles. The van der Waals surface area contributed by atoms with E-state index >= 15 is 0 Å². The molecule has 1 saturated heterocycles. The van der Waals surface area contributed by atoms with Crippen LogP contribution in [0.3, 0.4) is 0 Å². The summed E-state index contributed by atoms with van der Waals surface area (Å²) in [4.78, 5) is 20.4. The molecule has 0 spiro atoms. The molecule has 0 amide bonds. The molecule has 0 saturated carbocycles. The topological polar surface area (TPSA) is 120 Å². The molecule has 0 radical (unpaired) electrons. The highest BCUT2D eigenvalue weighted by Crippen LogP contribution is 2.29. The third-order valence-electron chi connectivity index (χ3n) is 6.38. The number of nitrogens with zero attached hydrogens (tertiary/aromatic N) is 5. The van der Waals surface area contributed by atoms with Crippen LogP contribution in [0.1, 0.15) is 12.0 Å². The monoisotopic (exact) mass is 526 g/mol. The maximum Gasteiger partial charge on any atom is 0.232 e. The molecule has 2 aromatic heterocycles. The summed E-state index contributed by atoms with van der Waals surface area (Å²) in [5, 5.41) is 19.6. The average Bonchev–Trinajstić information content (AvgIpc) is 2.99. The number of aromatic nitrogens is 4. The molecule has 5 rings (SSSR count). The molecule has 1 aliphatic rings. The predicted octanol–water partition coefficient (Wildman–Crippen LogP) is 3.58. The van der Waals surface area contributed by atoms with Crippen molar-refractivity contribution in [2.24, 2.45) is 0 Å². The number of benzene rings is 2. The molecule has 4 N–H and O–H groups in total. The second-order valence-electron chi connectivity index (χ2n) is 9.23. The molecule has 0 unspecified atom stereocenters. The summed E-state index contributed by atoms with van der Waals surface area (Å²) in [7, 11) is 0. The van der Waals surface area contributed by atoms with Gasteiger partial charge in [0.2, 0.25) is 17.8 Å². The minimum atomic E-state index is 0.267. The van der Waals surface area contributed by atoms with Crippen molar-refractivity contribution < 1.29 is 9.84 Å². The van der Waals surface area contributed by atoms with E-state index in [4.69, 9.17) is 9.72 Å². The van der Waals surface area contributed by atoms with E-state index in [-0.39, 0.29) is 5.75 Å². The number of phenolic OH excluding ortho intramolecular Hbond substituents is 1. The highest BCUT2D eigenvalue weighted by atomic mass is 16.5. The number of piperazine rings is 1. The smallest absolute Gasteiger partial charge is 0.232 e. The van der Waals surface area contributed by atoms with Gasteiger partial charge in [0.1, 0.15) is 11.5 Å². The van der Waals surface area contributed by atoms with Gasteiger partial charge in [-0.05, 0) is 42.7 Å². The van der Waals surface area contributed by atoms with Gasteiger partial charge in [0.25, 0.3) is 0 Å². The van der Waals surface area contributed by atoms with E-state index in [1.54, 1.807) is 18.3 Å². The molecule has 3 heterocycles. The molecule has 2 aromatic carbocycles. The molecule has 4 aromatic rings. The Kier molecular flexibility index (Phi) is 8.98. The fraction of sp³-hybridized carbons (Fsp3) is 0.310. The van der Waals surface area contributed by atoms with Gasteiger partial charge in [0.15, 0.2) is 0 Å². The van der Waals surface area contributed by atoms with Crippen LogP contribution in [0.4, 0.5) is 17.8 Å². The fourth-order valence-corrected chi connectivity index (χ4v) is 4.32. The number of aromatic hydroxyl groups is 1. The number of phenols is 1. The van der Waals surface area contributed by atoms with Crippen molar-refractivity contribution in [2.45, 2.75) is 12.8 Å². The van der Waals surface area contributed by atoms with Crippen LogP contribution in [0.5, 0.6) is 11.5 Å². The first-order valence-electron chi connectivity index (χ1n) is 13.3. The first-order chi connectivity index (χ1) is 19.2. The molecule has 0 bridgehead atoms. The molecule has 10 nitrogen and oxygen atoms in total. The second kappa shape index (κ2) is 13.4. The minimum absolute atomic E-state index is 0.267. The van der Waals surface area contributed by atoms with Crippen LogP contribution in [0, 0.1) is 0 Å². The summed E-state index contributed by atoms with van der Waals surface area (Å²) in [5.74, 6) is 2.86. The molecule has 0 aliphatic carbocycles. The second-order valence-corrected chi connectivity index (χ2v) is 9.23. The first kappa shape index (κ1) is 26.2. The Morgan fingerprint density at radius 1 is 0.872 bits per heavy atom. The molecule has 0 atom stereocenters. The highest BCUT2D eigenvalue weighted by Gasteiger charge is 2.16. The van der Waals surface area contributed by atoms with Crippen LogP contribution >= 0.6 is 0 Å². The lowest BCUT2D eigenvalue weighted by Crippen LogP contribution is -2.44. The first-order valence-corrected chi connectivity index (χ1v) is 13.3. The van der Waals surface area contributed by atoms with Crippen LogP contribution in [0.15, 0.2) is 73.1 Å². The van der Waals surface area contributed by atoms with Crippen molar-refractivity contribution in [2.75, 3.05) is 61.4 Å². The molecular weight excluding hydrogens is 492 g/mol. The number of hydrogen-bond donors (Lipinski definition) is 4. The summed E-state index contributed by atoms with van der Waals surface area (Å²) < 4.78 is 6.11. The number of para-hydroxylation sites is 1. The van der Waals surface area contributed by atoms with Crippen molar-refractivity contribution >= 4 is 17.8 Å². The largest absolute Gasteiger partial charge is 0.508 e. The van der Waals surface area contributed by atoms with E-state index in [0.717, 1.165) is 61.5 Å². The standard InChI is InChI=1S/C29H34N8O2/c38-24-10-8-22(9-11-24)12-15-33-28-34-27(35-29(36-28)37-18-16-30-17-19-37)32-14-4-20-39-26-7-2-1-6-25(26)23-5-3-13-31-21-23/h1-3,5-11,13,21,30,38H,4,12,14-20H2,(H2,32,33,34,35,36). The van der Waals surface area contributed by atoms with Crippen molar-refractivity contribution in [3.05, 3.63) is 78.6 Å². The molecule has 39 heavy (non-hydrogen) atoms. The number of rotatable bonds is 12. The zero-order chi connectivity index (χ0) is 26.7. The van der Waals surface area contributed by atoms with Gasteiger partial charge in [-0.3, -0.25) is 4.98 Å². The van der Waals surface area contributed by atoms with Gasteiger partial charge in [0, 0.05) is 62.8 Å². The zero-order valence-corrected chi connectivity index (χ0v) is 21.9. The van der Waals surface area contributed by atoms with E-state index in [9.17, 15) is 5.11 Å². The van der Waals surface area contributed by atoms with Crippen LogP contribution in [-0.4, -0.2) is 70.9 Å². The summed E-state index contributed by atoms with van der Waals surface area (Å²) in [6.45, 7) is 5.37. The van der Waals surface area contributed by atoms with Gasteiger partial charge in [-0.25, -0.2) is 0 Å². The van der Waals surface area contributed by atoms with E-state index < -0.39 is 0 Å². The lowest BCUT2D eigenvalue weighted by molar-refractivity contribution is 0.316. The molecular formula is C29H34N8O2. The quantitative estimate of drug-likeness (QED) is 0.204. The Morgan fingerprint density at radius 2 is 1.64 bits per heavy atom. The third kappa shape index (κ3) is 7.55. The Morgan fingerprint density at radius 3 is 2.41 bits per heavy atom. The van der Waals surface area contributed by atoms with E-state index in [1.165, 1.54) is 0 Å². The summed E-state index contributed by atoms with van der Waals surface area (Å²) >= 11 is 0. The van der Waals surface area contributed by atoms with Gasteiger partial charge >= 0.3 is 0 Å². The van der Waals surface area contributed by atoms with Crippen molar-refractivity contribution in [1.29, 1.82) is 0 Å². The maximum atomic E-state index is 9.50. The van der Waals surface area contributed by atoms with Crippen molar-refractivity contribution in [1.82, 2.24) is 25.3 Å². The number of nitrogens with one attached hydrogen (secondary N) is 3. The predicted molar refractivity (Wildman–Crippen MR) is 153 cm³/mol. The van der Waals surface area contributed by atoms with E-state index in [1.807, 2.05) is 54.7 Å². The Hall–Kier alpha value is -4.44. The third-order valence-corrected chi connectivity index (χ3v) is 6.38. The number of anilines is 3. The Bertz CT molecular complexity index is 1310. The average molecular weight is 527 g/mol. The lowest BCUT2D eigenvalue weighted by atomic mass is 10.1. The highest BCUT2D eigenvalue weighted by molar-refractivity contribution is 5.69. The van der Waals surface area contributed by atoms with E-state index in [2.05, 4.69) is 35.8 Å². The van der Waals surface area contributed by atoms with Crippen LogP contribution in [0.2, 0.25) is 0 Å². The van der Waals surface area contributed by atoms with Crippen molar-refractivity contribution in [3.8, 4) is 22.6 Å². The lowest BCUT2D eigenvalue weighted by Gasteiger charge is -2.27. The van der Waals surface area contributed by atoms with Gasteiger partial charge < -0.3 is 30.7 Å². The van der Waals surface area contributed by atoms with Gasteiger partial charge in [-0.1, -0.05) is 36.4 Å². The summed E-state index contributed by atoms with van der Waals surface area (Å²) in [6, 6.07) is 19.2. The molecule has 202 valence electrons.